The maximum Gasteiger partial charge on any atom is 0.332 e. The van der Waals surface area contributed by atoms with Gasteiger partial charge in [-0.2, -0.15) is 0 Å². The summed E-state index contributed by atoms with van der Waals surface area (Å²) in [5, 5.41) is 9.37. The summed E-state index contributed by atoms with van der Waals surface area (Å²) < 4.78 is 6.64. The molecule has 1 heterocycles. The number of carboxylic acid groups (broad SMARTS) is 1. The Morgan fingerprint density at radius 3 is 2.88 bits per heavy atom. The van der Waals surface area contributed by atoms with E-state index >= 15 is 0 Å². The zero-order valence-corrected chi connectivity index (χ0v) is 9.75. The Bertz CT molecular complexity index is 549. The minimum Gasteiger partial charge on any atom is -0.479 e. The quantitative estimate of drug-likeness (QED) is 0.870. The van der Waals surface area contributed by atoms with Crippen LogP contribution in [-0.2, 0) is 15.1 Å². The molecular formula is C12H14N2O3. The largest absolute Gasteiger partial charge is 0.479 e. The molecule has 0 amide bonds. The summed E-state index contributed by atoms with van der Waals surface area (Å²) in [6.45, 7) is 1.70. The number of hydrogen-bond donors (Lipinski definition) is 1. The molecule has 0 radical (unpaired) electrons. The van der Waals surface area contributed by atoms with Crippen molar-refractivity contribution in [2.45, 2.75) is 12.5 Å². The van der Waals surface area contributed by atoms with E-state index in [0.717, 1.165) is 11.0 Å². The van der Waals surface area contributed by atoms with E-state index in [1.165, 1.54) is 13.4 Å². The molecule has 0 fully saturated rings. The molecule has 0 aliphatic heterocycles. The fourth-order valence-corrected chi connectivity index (χ4v) is 1.87. The van der Waals surface area contributed by atoms with E-state index in [1.807, 2.05) is 24.3 Å². The van der Waals surface area contributed by atoms with E-state index in [1.54, 1.807) is 11.5 Å². The third-order valence-corrected chi connectivity index (χ3v) is 2.87. The van der Waals surface area contributed by atoms with Crippen molar-refractivity contribution in [3.63, 3.8) is 0 Å². The summed E-state index contributed by atoms with van der Waals surface area (Å²) in [5.74, 6) is -0.942. The zero-order chi connectivity index (χ0) is 12.5. The van der Waals surface area contributed by atoms with Crippen LogP contribution < -0.4 is 0 Å². The molecule has 0 bridgehead atoms. The molecule has 2 aromatic rings. The van der Waals surface area contributed by atoms with E-state index in [2.05, 4.69) is 4.98 Å². The molecular weight excluding hydrogens is 220 g/mol. The van der Waals surface area contributed by atoms with Gasteiger partial charge in [-0.1, -0.05) is 12.1 Å². The number of rotatable bonds is 4. The molecule has 0 aliphatic carbocycles. The minimum absolute atomic E-state index is 0.0860. The standard InChI is InChI=1S/C12H14N2O3/c1-12(7-17-2,11(15)16)14-8-13-9-5-3-4-6-10(9)14/h3-6,8H,7H2,1-2H3,(H,15,16). The topological polar surface area (TPSA) is 64.3 Å². The van der Waals surface area contributed by atoms with Gasteiger partial charge in [-0.05, 0) is 19.1 Å². The van der Waals surface area contributed by atoms with Crippen molar-refractivity contribution in [1.82, 2.24) is 9.55 Å². The zero-order valence-electron chi connectivity index (χ0n) is 9.75. The Hall–Kier alpha value is -1.88. The van der Waals surface area contributed by atoms with Gasteiger partial charge in [0.2, 0.25) is 0 Å². The SMILES string of the molecule is COCC(C)(C(=O)O)n1cnc2ccccc21. The summed E-state index contributed by atoms with van der Waals surface area (Å²) in [4.78, 5) is 15.6. The van der Waals surface area contributed by atoms with Crippen molar-refractivity contribution >= 4 is 17.0 Å². The van der Waals surface area contributed by atoms with Crippen molar-refractivity contribution < 1.29 is 14.6 Å². The maximum atomic E-state index is 11.4. The fourth-order valence-electron chi connectivity index (χ4n) is 1.87. The van der Waals surface area contributed by atoms with Gasteiger partial charge in [0, 0.05) is 7.11 Å². The van der Waals surface area contributed by atoms with Crippen LogP contribution in [0.4, 0.5) is 0 Å². The Balaban J connectivity index is 2.60. The minimum atomic E-state index is -1.15. The third-order valence-electron chi connectivity index (χ3n) is 2.87. The Labute approximate surface area is 98.6 Å². The number of aromatic nitrogens is 2. The highest BCUT2D eigenvalue weighted by atomic mass is 16.5. The monoisotopic (exact) mass is 234 g/mol. The molecule has 2 rings (SSSR count). The van der Waals surface area contributed by atoms with Crippen molar-refractivity contribution in [2.24, 2.45) is 0 Å². The van der Waals surface area contributed by atoms with E-state index < -0.39 is 11.5 Å². The van der Waals surface area contributed by atoms with Crippen molar-refractivity contribution in [1.29, 1.82) is 0 Å². The lowest BCUT2D eigenvalue weighted by atomic mass is 10.0. The van der Waals surface area contributed by atoms with Crippen LogP contribution in [0.1, 0.15) is 6.92 Å². The first-order valence-electron chi connectivity index (χ1n) is 5.24. The number of aliphatic carboxylic acids is 1. The molecule has 1 unspecified atom stereocenters. The van der Waals surface area contributed by atoms with Gasteiger partial charge in [-0.25, -0.2) is 9.78 Å². The van der Waals surface area contributed by atoms with Crippen molar-refractivity contribution in [3.05, 3.63) is 30.6 Å². The normalized spacial score (nSPS) is 14.7. The molecule has 17 heavy (non-hydrogen) atoms. The summed E-state index contributed by atoms with van der Waals surface area (Å²) in [7, 11) is 1.49. The molecule has 1 aromatic carbocycles. The predicted molar refractivity (Wildman–Crippen MR) is 62.9 cm³/mol. The second-order valence-electron chi connectivity index (χ2n) is 4.12. The number of methoxy groups -OCH3 is 1. The van der Waals surface area contributed by atoms with Crippen LogP contribution in [0.25, 0.3) is 11.0 Å². The molecule has 0 spiro atoms. The maximum absolute atomic E-state index is 11.4. The van der Waals surface area contributed by atoms with Gasteiger partial charge < -0.3 is 14.4 Å². The van der Waals surface area contributed by atoms with Crippen LogP contribution in [0, 0.1) is 0 Å². The Morgan fingerprint density at radius 1 is 1.53 bits per heavy atom. The molecule has 5 nitrogen and oxygen atoms in total. The lowest BCUT2D eigenvalue weighted by Gasteiger charge is -2.26. The molecule has 1 atom stereocenters. The van der Waals surface area contributed by atoms with Gasteiger partial charge >= 0.3 is 5.97 Å². The second-order valence-corrected chi connectivity index (χ2v) is 4.12. The van der Waals surface area contributed by atoms with Crippen LogP contribution in [0.3, 0.4) is 0 Å². The lowest BCUT2D eigenvalue weighted by Crippen LogP contribution is -2.42. The second kappa shape index (κ2) is 4.18. The van der Waals surface area contributed by atoms with E-state index in [0.29, 0.717) is 0 Å². The van der Waals surface area contributed by atoms with E-state index in [9.17, 15) is 9.90 Å². The van der Waals surface area contributed by atoms with Crippen LogP contribution in [0.2, 0.25) is 0 Å². The molecule has 0 saturated carbocycles. The highest BCUT2D eigenvalue weighted by molar-refractivity contribution is 5.82. The van der Waals surface area contributed by atoms with E-state index in [-0.39, 0.29) is 6.61 Å². The number of ether oxygens (including phenoxy) is 1. The number of nitrogens with zero attached hydrogens (tertiary/aromatic N) is 2. The van der Waals surface area contributed by atoms with Crippen LogP contribution in [0.15, 0.2) is 30.6 Å². The highest BCUT2D eigenvalue weighted by Crippen LogP contribution is 2.23. The van der Waals surface area contributed by atoms with Crippen molar-refractivity contribution in [2.75, 3.05) is 13.7 Å². The first-order chi connectivity index (χ1) is 8.09. The highest BCUT2D eigenvalue weighted by Gasteiger charge is 2.36. The number of para-hydroxylation sites is 2. The van der Waals surface area contributed by atoms with E-state index in [4.69, 9.17) is 4.74 Å². The van der Waals surface area contributed by atoms with Crippen LogP contribution in [0.5, 0.6) is 0 Å². The molecule has 90 valence electrons. The molecule has 0 aliphatic rings. The smallest absolute Gasteiger partial charge is 0.332 e. The van der Waals surface area contributed by atoms with Crippen LogP contribution >= 0.6 is 0 Å². The van der Waals surface area contributed by atoms with Gasteiger partial charge in [0.15, 0.2) is 5.54 Å². The van der Waals surface area contributed by atoms with Gasteiger partial charge in [0.05, 0.1) is 24.0 Å². The third kappa shape index (κ3) is 1.78. The Morgan fingerprint density at radius 2 is 2.24 bits per heavy atom. The first kappa shape index (κ1) is 11.6. The molecule has 0 saturated heterocycles. The summed E-state index contributed by atoms with van der Waals surface area (Å²) in [5.41, 5.74) is 0.413. The number of carbonyl (C=O) groups is 1. The average molecular weight is 234 g/mol. The summed E-state index contributed by atoms with van der Waals surface area (Å²) in [6.07, 6.45) is 1.54. The number of fused-ring (bicyclic) bond motifs is 1. The van der Waals surface area contributed by atoms with Crippen molar-refractivity contribution in [3.8, 4) is 0 Å². The predicted octanol–water partition coefficient (Wildman–Crippen LogP) is 1.48. The van der Waals surface area contributed by atoms with Gasteiger partial charge in [0.1, 0.15) is 0 Å². The Kier molecular flexibility index (Phi) is 2.85. The number of hydrogen-bond acceptors (Lipinski definition) is 3. The van der Waals surface area contributed by atoms with Gasteiger partial charge in [0.25, 0.3) is 0 Å². The molecule has 1 aromatic heterocycles. The average Bonchev–Trinajstić information content (AvgIpc) is 2.73. The summed E-state index contributed by atoms with van der Waals surface area (Å²) in [6, 6.07) is 7.42. The fraction of sp³-hybridized carbons (Fsp3) is 0.333. The number of carboxylic acids is 1. The van der Waals surface area contributed by atoms with Gasteiger partial charge in [-0.15, -0.1) is 0 Å². The molecule has 1 N–H and O–H groups in total. The molecule has 5 heteroatoms. The number of imidazole rings is 1. The van der Waals surface area contributed by atoms with Gasteiger partial charge in [-0.3, -0.25) is 0 Å². The number of benzene rings is 1. The lowest BCUT2D eigenvalue weighted by molar-refractivity contribution is -0.149. The summed E-state index contributed by atoms with van der Waals surface area (Å²) >= 11 is 0. The van der Waals surface area contributed by atoms with Crippen LogP contribution in [-0.4, -0.2) is 34.3 Å². The first-order valence-corrected chi connectivity index (χ1v) is 5.24.